The highest BCUT2D eigenvalue weighted by Gasteiger charge is 2.30. The van der Waals surface area contributed by atoms with E-state index in [1.54, 1.807) is 12.1 Å². The molecule has 0 bridgehead atoms. The summed E-state index contributed by atoms with van der Waals surface area (Å²) in [5.41, 5.74) is 1.91. The van der Waals surface area contributed by atoms with Crippen molar-refractivity contribution in [2.45, 2.75) is 19.3 Å². The van der Waals surface area contributed by atoms with Crippen LogP contribution in [-0.2, 0) is 13.0 Å². The van der Waals surface area contributed by atoms with Crippen LogP contribution in [0.2, 0.25) is 0 Å². The summed E-state index contributed by atoms with van der Waals surface area (Å²) in [6, 6.07) is 12.0. The second-order valence-corrected chi connectivity index (χ2v) is 6.08. The Morgan fingerprint density at radius 2 is 1.63 bits per heavy atom. The van der Waals surface area contributed by atoms with Crippen LogP contribution in [0.4, 0.5) is 13.2 Å². The third kappa shape index (κ3) is 7.28. The van der Waals surface area contributed by atoms with Crippen LogP contribution in [0.25, 0.3) is 0 Å². The molecular formula is C19H20F3NO4. The maximum atomic E-state index is 12.2. The molecule has 0 radical (unpaired) electrons. The number of nitrogens with one attached hydrogen (secondary N) is 1. The molecule has 2 aromatic rings. The molecule has 8 heteroatoms. The minimum absolute atomic E-state index is 0.0776. The molecule has 0 aromatic heterocycles. The molecule has 1 unspecified atom stereocenters. The maximum Gasteiger partial charge on any atom is 0.573 e. The number of carboxylic acid groups (broad SMARTS) is 1. The van der Waals surface area contributed by atoms with Gasteiger partial charge < -0.3 is 20.3 Å². The van der Waals surface area contributed by atoms with Crippen molar-refractivity contribution >= 4 is 5.97 Å². The number of hydrogen-bond acceptors (Lipinski definition) is 4. The van der Waals surface area contributed by atoms with E-state index in [0.29, 0.717) is 19.5 Å². The lowest BCUT2D eigenvalue weighted by Gasteiger charge is -2.16. The van der Waals surface area contributed by atoms with E-state index in [9.17, 15) is 23.1 Å². The van der Waals surface area contributed by atoms with E-state index in [4.69, 9.17) is 5.11 Å². The lowest BCUT2D eigenvalue weighted by atomic mass is 10.00. The van der Waals surface area contributed by atoms with Gasteiger partial charge in [-0.2, -0.15) is 0 Å². The Morgan fingerprint density at radius 1 is 1.04 bits per heavy atom. The van der Waals surface area contributed by atoms with Gasteiger partial charge in [-0.1, -0.05) is 24.3 Å². The van der Waals surface area contributed by atoms with Crippen LogP contribution in [0.1, 0.15) is 21.5 Å². The van der Waals surface area contributed by atoms with Gasteiger partial charge in [-0.3, -0.25) is 0 Å². The number of alkyl halides is 3. The fraction of sp³-hybridized carbons (Fsp3) is 0.316. The van der Waals surface area contributed by atoms with Gasteiger partial charge in [-0.25, -0.2) is 4.79 Å². The highest BCUT2D eigenvalue weighted by atomic mass is 19.4. The van der Waals surface area contributed by atoms with Gasteiger partial charge in [0.1, 0.15) is 5.75 Å². The minimum atomic E-state index is -4.72. The zero-order chi connectivity index (χ0) is 19.9. The maximum absolute atomic E-state index is 12.2. The molecule has 0 saturated carbocycles. The first-order chi connectivity index (χ1) is 12.8. The van der Waals surface area contributed by atoms with Gasteiger partial charge >= 0.3 is 12.3 Å². The molecule has 0 saturated heterocycles. The number of ether oxygens (including phenoxy) is 1. The third-order valence-corrected chi connectivity index (χ3v) is 3.90. The van der Waals surface area contributed by atoms with Gasteiger partial charge in [0.25, 0.3) is 0 Å². The number of rotatable bonds is 9. The van der Waals surface area contributed by atoms with Crippen LogP contribution >= 0.6 is 0 Å². The molecule has 146 valence electrons. The summed E-state index contributed by atoms with van der Waals surface area (Å²) in [5, 5.41) is 21.6. The second-order valence-electron chi connectivity index (χ2n) is 6.08. The van der Waals surface area contributed by atoms with Crippen molar-refractivity contribution in [1.29, 1.82) is 0 Å². The Labute approximate surface area is 154 Å². The van der Waals surface area contributed by atoms with Crippen molar-refractivity contribution in [3.05, 3.63) is 65.2 Å². The fourth-order valence-corrected chi connectivity index (χ4v) is 2.55. The smallest absolute Gasteiger partial charge is 0.478 e. The topological polar surface area (TPSA) is 78.8 Å². The number of aliphatic hydroxyl groups is 1. The molecule has 0 spiro atoms. The first kappa shape index (κ1) is 20.7. The van der Waals surface area contributed by atoms with Gasteiger partial charge in [-0.15, -0.1) is 13.2 Å². The van der Waals surface area contributed by atoms with E-state index in [-0.39, 0.29) is 23.8 Å². The summed E-state index contributed by atoms with van der Waals surface area (Å²) in [6.07, 6.45) is -4.23. The summed E-state index contributed by atoms with van der Waals surface area (Å²) in [7, 11) is 0. The van der Waals surface area contributed by atoms with E-state index in [1.165, 1.54) is 36.4 Å². The van der Waals surface area contributed by atoms with Crippen molar-refractivity contribution in [2.24, 2.45) is 5.92 Å². The number of carbonyl (C=O) groups is 1. The number of halogens is 3. The number of aliphatic hydroxyl groups excluding tert-OH is 1. The quantitative estimate of drug-likeness (QED) is 0.620. The lowest BCUT2D eigenvalue weighted by molar-refractivity contribution is -0.274. The number of benzene rings is 2. The van der Waals surface area contributed by atoms with Crippen molar-refractivity contribution in [1.82, 2.24) is 5.32 Å². The highest BCUT2D eigenvalue weighted by Crippen LogP contribution is 2.23. The highest BCUT2D eigenvalue weighted by molar-refractivity contribution is 5.87. The van der Waals surface area contributed by atoms with Gasteiger partial charge in [0.05, 0.1) is 5.56 Å². The largest absolute Gasteiger partial charge is 0.573 e. The van der Waals surface area contributed by atoms with Gasteiger partial charge in [0.15, 0.2) is 0 Å². The van der Waals surface area contributed by atoms with Crippen LogP contribution in [0.15, 0.2) is 48.5 Å². The molecule has 2 rings (SSSR count). The Bertz CT molecular complexity index is 730. The van der Waals surface area contributed by atoms with Crippen molar-refractivity contribution in [3.63, 3.8) is 0 Å². The Kier molecular flexibility index (Phi) is 7.20. The van der Waals surface area contributed by atoms with Crippen LogP contribution in [-0.4, -0.2) is 35.7 Å². The molecule has 0 heterocycles. The first-order valence-corrected chi connectivity index (χ1v) is 8.25. The molecule has 0 aliphatic heterocycles. The normalized spacial score (nSPS) is 12.6. The van der Waals surface area contributed by atoms with Crippen molar-refractivity contribution in [2.75, 3.05) is 13.2 Å². The standard InChI is InChI=1S/C19H20F3NO4/c20-19(21,22)27-17-7-3-13(4-8-17)9-15(12-24)11-23-10-14-1-5-16(6-2-14)18(25)26/h1-8,15,23-24H,9-12H2,(H,25,26). The molecule has 0 aliphatic rings. The van der Waals surface area contributed by atoms with Crippen LogP contribution < -0.4 is 10.1 Å². The number of carboxylic acids is 1. The van der Waals surface area contributed by atoms with Crippen LogP contribution in [0.3, 0.4) is 0 Å². The molecule has 5 nitrogen and oxygen atoms in total. The average molecular weight is 383 g/mol. The number of hydrogen-bond donors (Lipinski definition) is 3. The molecule has 2 aromatic carbocycles. The molecule has 3 N–H and O–H groups in total. The lowest BCUT2D eigenvalue weighted by Crippen LogP contribution is -2.26. The monoisotopic (exact) mass is 383 g/mol. The Hall–Kier alpha value is -2.58. The van der Waals surface area contributed by atoms with Gasteiger partial charge in [0.2, 0.25) is 0 Å². The average Bonchev–Trinajstić information content (AvgIpc) is 2.61. The molecule has 1 atom stereocenters. The van der Waals surface area contributed by atoms with Crippen LogP contribution in [0.5, 0.6) is 5.75 Å². The second kappa shape index (κ2) is 9.38. The first-order valence-electron chi connectivity index (χ1n) is 8.25. The van der Waals surface area contributed by atoms with Gasteiger partial charge in [-0.05, 0) is 47.7 Å². The third-order valence-electron chi connectivity index (χ3n) is 3.90. The van der Waals surface area contributed by atoms with Gasteiger partial charge in [0, 0.05) is 19.7 Å². The molecule has 0 amide bonds. The summed E-state index contributed by atoms with van der Waals surface area (Å²) in [6.45, 7) is 0.929. The molecule has 0 fully saturated rings. The van der Waals surface area contributed by atoms with E-state index in [2.05, 4.69) is 10.1 Å². The van der Waals surface area contributed by atoms with E-state index < -0.39 is 12.3 Å². The van der Waals surface area contributed by atoms with E-state index in [0.717, 1.165) is 11.1 Å². The summed E-state index contributed by atoms with van der Waals surface area (Å²) >= 11 is 0. The van der Waals surface area contributed by atoms with Crippen molar-refractivity contribution < 1.29 is 32.9 Å². The zero-order valence-corrected chi connectivity index (χ0v) is 14.4. The molecule has 0 aliphatic carbocycles. The summed E-state index contributed by atoms with van der Waals surface area (Å²) in [4.78, 5) is 10.8. The predicted octanol–water partition coefficient (Wildman–Crippen LogP) is 3.22. The van der Waals surface area contributed by atoms with E-state index in [1.807, 2.05) is 0 Å². The Morgan fingerprint density at radius 3 is 2.15 bits per heavy atom. The van der Waals surface area contributed by atoms with Crippen molar-refractivity contribution in [3.8, 4) is 5.75 Å². The number of aromatic carboxylic acids is 1. The predicted molar refractivity (Wildman–Crippen MR) is 92.5 cm³/mol. The van der Waals surface area contributed by atoms with Crippen LogP contribution in [0, 0.1) is 5.92 Å². The molecule has 27 heavy (non-hydrogen) atoms. The zero-order valence-electron chi connectivity index (χ0n) is 14.4. The SMILES string of the molecule is O=C(O)c1ccc(CNCC(CO)Cc2ccc(OC(F)(F)F)cc2)cc1. The summed E-state index contributed by atoms with van der Waals surface area (Å²) in [5.74, 6) is -1.38. The molecular weight excluding hydrogens is 363 g/mol. The van der Waals surface area contributed by atoms with E-state index >= 15 is 0 Å². The minimum Gasteiger partial charge on any atom is -0.478 e. The fourth-order valence-electron chi connectivity index (χ4n) is 2.55. The Balaban J connectivity index is 1.82. The summed E-state index contributed by atoms with van der Waals surface area (Å²) < 4.78 is 40.3.